The van der Waals surface area contributed by atoms with Gasteiger partial charge in [-0.1, -0.05) is 18.2 Å². The van der Waals surface area contributed by atoms with E-state index in [4.69, 9.17) is 4.74 Å². The summed E-state index contributed by atoms with van der Waals surface area (Å²) >= 11 is 0. The summed E-state index contributed by atoms with van der Waals surface area (Å²) in [6, 6.07) is 8.82. The van der Waals surface area contributed by atoms with Crippen LogP contribution in [0.1, 0.15) is 31.4 Å². The maximum atomic E-state index is 5.33. The third-order valence-corrected chi connectivity index (χ3v) is 3.71. The minimum atomic E-state index is 0.295. The van der Waals surface area contributed by atoms with E-state index in [9.17, 15) is 0 Å². The average Bonchev–Trinajstić information content (AvgIpc) is 2.47. The van der Waals surface area contributed by atoms with Crippen molar-refractivity contribution in [3.8, 4) is 0 Å². The molecule has 3 nitrogen and oxygen atoms in total. The van der Waals surface area contributed by atoms with Crippen LogP contribution in [0.3, 0.4) is 0 Å². The molecule has 2 rings (SSSR count). The van der Waals surface area contributed by atoms with Crippen molar-refractivity contribution in [2.24, 2.45) is 0 Å². The fraction of sp³-hybridized carbons (Fsp3) is 0.438. The highest BCUT2D eigenvalue weighted by Crippen LogP contribution is 2.26. The van der Waals surface area contributed by atoms with Gasteiger partial charge in [-0.15, -0.1) is 0 Å². The Balaban J connectivity index is 2.25. The van der Waals surface area contributed by atoms with Gasteiger partial charge in [-0.3, -0.25) is 4.98 Å². The van der Waals surface area contributed by atoms with Gasteiger partial charge in [-0.2, -0.15) is 0 Å². The topological polar surface area (TPSA) is 34.1 Å². The van der Waals surface area contributed by atoms with E-state index < -0.39 is 0 Å². The number of rotatable bonds is 6. The third kappa shape index (κ3) is 3.31. The molecule has 1 aromatic carbocycles. The molecule has 0 saturated heterocycles. The second-order valence-corrected chi connectivity index (χ2v) is 4.91. The van der Waals surface area contributed by atoms with E-state index in [0.29, 0.717) is 12.1 Å². The fourth-order valence-electron chi connectivity index (χ4n) is 2.42. The number of nitrogens with zero attached hydrogens (tertiary/aromatic N) is 1. The lowest BCUT2D eigenvalue weighted by atomic mass is 9.96. The molecular formula is C16H22N2O. The Bertz CT molecular complexity index is 522. The van der Waals surface area contributed by atoms with E-state index in [2.05, 4.69) is 41.5 Å². The van der Waals surface area contributed by atoms with Crippen molar-refractivity contribution in [3.05, 3.63) is 42.2 Å². The van der Waals surface area contributed by atoms with Gasteiger partial charge >= 0.3 is 0 Å². The van der Waals surface area contributed by atoms with Gasteiger partial charge in [-0.25, -0.2) is 0 Å². The second-order valence-electron chi connectivity index (χ2n) is 4.91. The summed E-state index contributed by atoms with van der Waals surface area (Å²) in [6.45, 7) is 2.11. The van der Waals surface area contributed by atoms with Crippen LogP contribution in [0.25, 0.3) is 10.8 Å². The van der Waals surface area contributed by atoms with Gasteiger partial charge in [0.05, 0.1) is 6.10 Å². The number of benzene rings is 1. The van der Waals surface area contributed by atoms with Crippen LogP contribution in [0, 0.1) is 0 Å². The largest absolute Gasteiger partial charge is 0.382 e. The highest BCUT2D eigenvalue weighted by Gasteiger charge is 2.13. The molecule has 0 bridgehead atoms. The zero-order valence-corrected chi connectivity index (χ0v) is 11.9. The first-order valence-electron chi connectivity index (χ1n) is 6.79. The number of aromatic nitrogens is 1. The molecule has 19 heavy (non-hydrogen) atoms. The Hall–Kier alpha value is -1.45. The Labute approximate surface area is 115 Å². The number of hydrogen-bond donors (Lipinski definition) is 1. The van der Waals surface area contributed by atoms with Crippen molar-refractivity contribution >= 4 is 10.8 Å². The standard InChI is InChI=1S/C16H22N2O/c1-12(19-3)7-8-16(17-2)14-6-4-5-13-9-10-18-11-15(13)14/h4-6,9-12,16-17H,7-8H2,1-3H3. The Morgan fingerprint density at radius 2 is 2.11 bits per heavy atom. The lowest BCUT2D eigenvalue weighted by Crippen LogP contribution is -2.19. The lowest BCUT2D eigenvalue weighted by molar-refractivity contribution is 0.106. The lowest BCUT2D eigenvalue weighted by Gasteiger charge is -2.20. The van der Waals surface area contributed by atoms with Crippen molar-refractivity contribution in [1.29, 1.82) is 0 Å². The van der Waals surface area contributed by atoms with Gasteiger partial charge in [-0.05, 0) is 43.8 Å². The maximum Gasteiger partial charge on any atom is 0.0543 e. The van der Waals surface area contributed by atoms with Gasteiger partial charge in [0.15, 0.2) is 0 Å². The van der Waals surface area contributed by atoms with E-state index in [1.54, 1.807) is 7.11 Å². The van der Waals surface area contributed by atoms with Crippen LogP contribution in [0.4, 0.5) is 0 Å². The molecule has 2 aromatic rings. The molecule has 102 valence electrons. The molecule has 0 aliphatic heterocycles. The second kappa shape index (κ2) is 6.64. The molecule has 1 aromatic heterocycles. The summed E-state index contributed by atoms with van der Waals surface area (Å²) in [5.74, 6) is 0. The smallest absolute Gasteiger partial charge is 0.0543 e. The van der Waals surface area contributed by atoms with Crippen LogP contribution in [0.5, 0.6) is 0 Å². The van der Waals surface area contributed by atoms with Gasteiger partial charge in [0.1, 0.15) is 0 Å². The van der Waals surface area contributed by atoms with E-state index in [0.717, 1.165) is 12.8 Å². The summed E-state index contributed by atoms with van der Waals surface area (Å²) in [4.78, 5) is 4.25. The highest BCUT2D eigenvalue weighted by atomic mass is 16.5. The van der Waals surface area contributed by atoms with Gasteiger partial charge in [0.2, 0.25) is 0 Å². The molecule has 0 aliphatic carbocycles. The molecule has 1 heterocycles. The Kier molecular flexibility index (Phi) is 4.88. The van der Waals surface area contributed by atoms with Gasteiger partial charge in [0, 0.05) is 30.9 Å². The van der Waals surface area contributed by atoms with Crippen LogP contribution < -0.4 is 5.32 Å². The molecule has 2 unspecified atom stereocenters. The van der Waals surface area contributed by atoms with E-state index in [-0.39, 0.29) is 0 Å². The van der Waals surface area contributed by atoms with E-state index in [1.165, 1.54) is 16.3 Å². The fourth-order valence-corrected chi connectivity index (χ4v) is 2.42. The molecule has 0 amide bonds. The molecule has 0 saturated carbocycles. The molecule has 0 radical (unpaired) electrons. The van der Waals surface area contributed by atoms with Crippen LogP contribution >= 0.6 is 0 Å². The van der Waals surface area contributed by atoms with Gasteiger partial charge in [0.25, 0.3) is 0 Å². The normalized spacial score (nSPS) is 14.5. The van der Waals surface area contributed by atoms with Crippen molar-refractivity contribution in [2.45, 2.75) is 31.9 Å². The zero-order chi connectivity index (χ0) is 13.7. The molecule has 0 aliphatic rings. The molecular weight excluding hydrogens is 236 g/mol. The van der Waals surface area contributed by atoms with Crippen molar-refractivity contribution in [3.63, 3.8) is 0 Å². The maximum absolute atomic E-state index is 5.33. The van der Waals surface area contributed by atoms with Crippen LogP contribution in [0.15, 0.2) is 36.7 Å². The summed E-state index contributed by atoms with van der Waals surface area (Å²) in [5.41, 5.74) is 1.32. The van der Waals surface area contributed by atoms with E-state index >= 15 is 0 Å². The first kappa shape index (κ1) is 14.0. The molecule has 0 fully saturated rings. The predicted octanol–water partition coefficient (Wildman–Crippen LogP) is 3.31. The summed E-state index contributed by atoms with van der Waals surface area (Å²) < 4.78 is 5.33. The van der Waals surface area contributed by atoms with Crippen LogP contribution in [0.2, 0.25) is 0 Å². The number of hydrogen-bond acceptors (Lipinski definition) is 3. The molecule has 3 heteroatoms. The molecule has 0 spiro atoms. The van der Waals surface area contributed by atoms with Crippen molar-refractivity contribution < 1.29 is 4.74 Å². The van der Waals surface area contributed by atoms with Crippen LogP contribution in [-0.2, 0) is 4.74 Å². The van der Waals surface area contributed by atoms with Crippen LogP contribution in [-0.4, -0.2) is 25.2 Å². The number of nitrogens with one attached hydrogen (secondary N) is 1. The van der Waals surface area contributed by atoms with Crippen molar-refractivity contribution in [2.75, 3.05) is 14.2 Å². The minimum Gasteiger partial charge on any atom is -0.382 e. The SMILES string of the molecule is CNC(CCC(C)OC)c1cccc2ccncc12. The average molecular weight is 258 g/mol. The highest BCUT2D eigenvalue weighted by molar-refractivity contribution is 5.85. The zero-order valence-electron chi connectivity index (χ0n) is 11.9. The number of pyridine rings is 1. The Morgan fingerprint density at radius 1 is 1.26 bits per heavy atom. The molecule has 2 atom stereocenters. The van der Waals surface area contributed by atoms with Gasteiger partial charge < -0.3 is 10.1 Å². The first-order valence-corrected chi connectivity index (χ1v) is 6.79. The van der Waals surface area contributed by atoms with E-state index in [1.807, 2.05) is 19.4 Å². The summed E-state index contributed by atoms with van der Waals surface area (Å²) in [7, 11) is 3.78. The van der Waals surface area contributed by atoms with Crippen molar-refractivity contribution in [1.82, 2.24) is 10.3 Å². The monoisotopic (exact) mass is 258 g/mol. The number of ether oxygens (including phenoxy) is 1. The quantitative estimate of drug-likeness (QED) is 0.863. The predicted molar refractivity (Wildman–Crippen MR) is 79.2 cm³/mol. The number of fused-ring (bicyclic) bond motifs is 1. The minimum absolute atomic E-state index is 0.295. The Morgan fingerprint density at radius 3 is 2.84 bits per heavy atom. The number of methoxy groups -OCH3 is 1. The summed E-state index contributed by atoms with van der Waals surface area (Å²) in [6.07, 6.45) is 6.18. The molecule has 1 N–H and O–H groups in total. The third-order valence-electron chi connectivity index (χ3n) is 3.71. The summed E-state index contributed by atoms with van der Waals surface area (Å²) in [5, 5.41) is 5.88. The first-order chi connectivity index (χ1) is 9.26.